The number of hydrogen-bond donors (Lipinski definition) is 3. The van der Waals surface area contributed by atoms with Crippen molar-refractivity contribution in [3.8, 4) is 0 Å². The number of hydrogen-bond acceptors (Lipinski definition) is 4. The predicted octanol–water partition coefficient (Wildman–Crippen LogP) is 2.81. The molecule has 0 heterocycles. The quantitative estimate of drug-likeness (QED) is 0.793. The molecule has 1 aromatic rings. The van der Waals surface area contributed by atoms with Crippen molar-refractivity contribution in [2.24, 2.45) is 5.73 Å². The summed E-state index contributed by atoms with van der Waals surface area (Å²) >= 11 is 5.99. The first-order valence-corrected chi connectivity index (χ1v) is 6.74. The zero-order valence-corrected chi connectivity index (χ0v) is 12.9. The molecule has 0 aliphatic heterocycles. The topological polar surface area (TPSA) is 102 Å². The van der Waals surface area contributed by atoms with Gasteiger partial charge in [0.1, 0.15) is 5.60 Å². The minimum absolute atomic E-state index is 0.0923. The monoisotopic (exact) mass is 314 g/mol. The zero-order chi connectivity index (χ0) is 16.2. The van der Waals surface area contributed by atoms with Gasteiger partial charge in [-0.1, -0.05) is 11.6 Å². The summed E-state index contributed by atoms with van der Waals surface area (Å²) in [5, 5.41) is 11.9. The maximum atomic E-state index is 11.7. The number of carboxylic acid groups (broad SMARTS) is 1. The highest BCUT2D eigenvalue weighted by molar-refractivity contribution is 6.31. The van der Waals surface area contributed by atoms with Crippen LogP contribution >= 0.6 is 11.6 Å². The van der Waals surface area contributed by atoms with Crippen LogP contribution in [0.25, 0.3) is 0 Å². The third-order valence-corrected chi connectivity index (χ3v) is 2.89. The summed E-state index contributed by atoms with van der Waals surface area (Å²) in [6.45, 7) is 5.14. The third kappa shape index (κ3) is 5.24. The lowest BCUT2D eigenvalue weighted by molar-refractivity contribution is -0.138. The van der Waals surface area contributed by atoms with E-state index in [1.54, 1.807) is 26.8 Å². The molecule has 0 aromatic heterocycles. The molecule has 0 radical (unpaired) electrons. The van der Waals surface area contributed by atoms with Gasteiger partial charge < -0.3 is 15.6 Å². The molecule has 6 nitrogen and oxygen atoms in total. The number of anilines is 1. The summed E-state index contributed by atoms with van der Waals surface area (Å²) in [5.74, 6) is -2.01. The minimum Gasteiger partial charge on any atom is -0.481 e. The number of rotatable bonds is 4. The van der Waals surface area contributed by atoms with Crippen LogP contribution in [-0.4, -0.2) is 29.3 Å². The molecule has 0 bridgehead atoms. The number of amides is 1. The first-order valence-electron chi connectivity index (χ1n) is 6.36. The molecule has 0 aliphatic carbocycles. The second kappa shape index (κ2) is 6.78. The molecular weight excluding hydrogens is 296 g/mol. The van der Waals surface area contributed by atoms with Crippen molar-refractivity contribution >= 4 is 29.4 Å². The second-order valence-electron chi connectivity index (χ2n) is 5.49. The summed E-state index contributed by atoms with van der Waals surface area (Å²) in [6.07, 6.45) is -0.629. The predicted molar refractivity (Wildman–Crippen MR) is 80.7 cm³/mol. The first kappa shape index (κ1) is 17.3. The smallest absolute Gasteiger partial charge is 0.412 e. The molecule has 0 aliphatic rings. The highest BCUT2D eigenvalue weighted by Gasteiger charge is 2.22. The van der Waals surface area contributed by atoms with Crippen LogP contribution in [0.2, 0.25) is 5.02 Å². The van der Waals surface area contributed by atoms with E-state index in [1.807, 2.05) is 0 Å². The fourth-order valence-electron chi connectivity index (χ4n) is 1.67. The van der Waals surface area contributed by atoms with Gasteiger partial charge in [0.2, 0.25) is 0 Å². The fourth-order valence-corrected chi connectivity index (χ4v) is 1.92. The van der Waals surface area contributed by atoms with E-state index in [-0.39, 0.29) is 11.6 Å². The van der Waals surface area contributed by atoms with Crippen LogP contribution in [0, 0.1) is 0 Å². The van der Waals surface area contributed by atoms with Crippen LogP contribution in [0.4, 0.5) is 10.5 Å². The van der Waals surface area contributed by atoms with Gasteiger partial charge in [0.25, 0.3) is 0 Å². The van der Waals surface area contributed by atoms with E-state index in [0.29, 0.717) is 11.3 Å². The lowest BCUT2D eigenvalue weighted by Gasteiger charge is -2.20. The largest absolute Gasteiger partial charge is 0.481 e. The second-order valence-corrected chi connectivity index (χ2v) is 5.90. The molecule has 116 valence electrons. The molecule has 4 N–H and O–H groups in total. The number of nitrogens with one attached hydrogen (secondary N) is 1. The number of ether oxygens (including phenoxy) is 1. The zero-order valence-electron chi connectivity index (χ0n) is 12.1. The van der Waals surface area contributed by atoms with Crippen molar-refractivity contribution in [1.29, 1.82) is 0 Å². The van der Waals surface area contributed by atoms with Gasteiger partial charge in [-0.15, -0.1) is 0 Å². The van der Waals surface area contributed by atoms with Gasteiger partial charge in [-0.2, -0.15) is 0 Å². The van der Waals surface area contributed by atoms with Crippen LogP contribution < -0.4 is 11.1 Å². The Bertz CT molecular complexity index is 540. The van der Waals surface area contributed by atoms with Gasteiger partial charge in [-0.25, -0.2) is 4.79 Å². The van der Waals surface area contributed by atoms with E-state index in [1.165, 1.54) is 12.1 Å². The van der Waals surface area contributed by atoms with Crippen LogP contribution in [-0.2, 0) is 9.53 Å². The molecule has 1 rings (SSSR count). The standard InChI is InChI=1S/C14H19ClN2O4/c1-14(2,3)21-13(20)17-8-4-5-11(15)9(6-8)10(7-16)12(18)19/h4-6,10H,7,16H2,1-3H3,(H,17,20)(H,18,19). The highest BCUT2D eigenvalue weighted by Crippen LogP contribution is 2.28. The maximum Gasteiger partial charge on any atom is 0.412 e. The normalized spacial score (nSPS) is 12.6. The Morgan fingerprint density at radius 2 is 2.05 bits per heavy atom. The molecule has 0 fully saturated rings. The molecule has 0 saturated heterocycles. The summed E-state index contributed by atoms with van der Waals surface area (Å²) < 4.78 is 5.12. The molecular formula is C14H19ClN2O4. The summed E-state index contributed by atoms with van der Waals surface area (Å²) in [6, 6.07) is 4.55. The molecule has 1 unspecified atom stereocenters. The Balaban J connectivity index is 2.96. The number of carbonyl (C=O) groups excluding carboxylic acids is 1. The number of halogens is 1. The highest BCUT2D eigenvalue weighted by atomic mass is 35.5. The number of carboxylic acids is 1. The van der Waals surface area contributed by atoms with Gasteiger partial charge in [-0.05, 0) is 44.5 Å². The van der Waals surface area contributed by atoms with Crippen molar-refractivity contribution < 1.29 is 19.4 Å². The van der Waals surface area contributed by atoms with Crippen molar-refractivity contribution in [2.45, 2.75) is 32.3 Å². The van der Waals surface area contributed by atoms with Crippen LogP contribution in [0.1, 0.15) is 32.3 Å². The molecule has 0 spiro atoms. The average molecular weight is 315 g/mol. The Morgan fingerprint density at radius 3 is 2.52 bits per heavy atom. The van der Waals surface area contributed by atoms with E-state index in [4.69, 9.17) is 27.2 Å². The molecule has 21 heavy (non-hydrogen) atoms. The molecule has 0 saturated carbocycles. The number of benzene rings is 1. The fraction of sp³-hybridized carbons (Fsp3) is 0.429. The lowest BCUT2D eigenvalue weighted by Crippen LogP contribution is -2.27. The summed E-state index contributed by atoms with van der Waals surface area (Å²) in [7, 11) is 0. The number of carbonyl (C=O) groups is 2. The van der Waals surface area contributed by atoms with Gasteiger partial charge >= 0.3 is 12.1 Å². The van der Waals surface area contributed by atoms with Crippen LogP contribution in [0.3, 0.4) is 0 Å². The molecule has 1 amide bonds. The summed E-state index contributed by atoms with van der Waals surface area (Å²) in [5.41, 5.74) is 5.57. The lowest BCUT2D eigenvalue weighted by atomic mass is 9.99. The van der Waals surface area contributed by atoms with E-state index in [0.717, 1.165) is 0 Å². The van der Waals surface area contributed by atoms with E-state index >= 15 is 0 Å². The van der Waals surface area contributed by atoms with Gasteiger partial charge in [0.05, 0.1) is 5.92 Å². The Morgan fingerprint density at radius 1 is 1.43 bits per heavy atom. The van der Waals surface area contributed by atoms with Crippen molar-refractivity contribution in [3.05, 3.63) is 28.8 Å². The van der Waals surface area contributed by atoms with Gasteiger partial charge in [0, 0.05) is 17.3 Å². The van der Waals surface area contributed by atoms with Crippen molar-refractivity contribution in [1.82, 2.24) is 0 Å². The Labute approximate surface area is 128 Å². The number of nitrogens with two attached hydrogens (primary N) is 1. The van der Waals surface area contributed by atoms with E-state index in [9.17, 15) is 9.59 Å². The SMILES string of the molecule is CC(C)(C)OC(=O)Nc1ccc(Cl)c(C(CN)C(=O)O)c1. The average Bonchev–Trinajstić information content (AvgIpc) is 2.31. The minimum atomic E-state index is -1.08. The van der Waals surface area contributed by atoms with E-state index in [2.05, 4.69) is 5.32 Å². The first-order chi connectivity index (χ1) is 9.64. The van der Waals surface area contributed by atoms with Crippen molar-refractivity contribution in [2.75, 3.05) is 11.9 Å². The van der Waals surface area contributed by atoms with Crippen LogP contribution in [0.15, 0.2) is 18.2 Å². The summed E-state index contributed by atoms with van der Waals surface area (Å²) in [4.78, 5) is 22.8. The Kier molecular flexibility index (Phi) is 5.57. The van der Waals surface area contributed by atoms with Gasteiger partial charge in [-0.3, -0.25) is 10.1 Å². The van der Waals surface area contributed by atoms with E-state index < -0.39 is 23.6 Å². The molecule has 1 atom stereocenters. The van der Waals surface area contributed by atoms with Crippen LogP contribution in [0.5, 0.6) is 0 Å². The molecule has 7 heteroatoms. The molecule has 1 aromatic carbocycles. The maximum absolute atomic E-state index is 11.7. The third-order valence-electron chi connectivity index (χ3n) is 2.55. The Hall–Kier alpha value is -1.79. The number of aliphatic carboxylic acids is 1. The van der Waals surface area contributed by atoms with Crippen molar-refractivity contribution in [3.63, 3.8) is 0 Å². The van der Waals surface area contributed by atoms with Gasteiger partial charge in [0.15, 0.2) is 0 Å².